The predicted octanol–water partition coefficient (Wildman–Crippen LogP) is 3.12. The van der Waals surface area contributed by atoms with E-state index in [1.54, 1.807) is 25.7 Å². The molecular formula is C24H36N4O3. The molecule has 0 aliphatic carbocycles. The van der Waals surface area contributed by atoms with Crippen molar-refractivity contribution in [3.05, 3.63) is 48.0 Å². The number of ether oxygens (including phenoxy) is 2. The van der Waals surface area contributed by atoms with Gasteiger partial charge in [-0.25, -0.2) is 0 Å². The van der Waals surface area contributed by atoms with Gasteiger partial charge in [-0.15, -0.1) is 0 Å². The predicted molar refractivity (Wildman–Crippen MR) is 121 cm³/mol. The Morgan fingerprint density at radius 2 is 1.84 bits per heavy atom. The lowest BCUT2D eigenvalue weighted by Gasteiger charge is -2.26. The van der Waals surface area contributed by atoms with Crippen molar-refractivity contribution < 1.29 is 14.6 Å². The summed E-state index contributed by atoms with van der Waals surface area (Å²) in [5, 5.41) is 10.5. The molecule has 170 valence electrons. The normalized spacial score (nSPS) is 16.5. The Labute approximate surface area is 186 Å². The van der Waals surface area contributed by atoms with E-state index in [4.69, 9.17) is 9.47 Å². The third-order valence-electron chi connectivity index (χ3n) is 5.58. The number of likely N-dealkylation sites (tertiary alicyclic amines) is 1. The Morgan fingerprint density at radius 3 is 2.55 bits per heavy atom. The lowest BCUT2D eigenvalue weighted by Crippen LogP contribution is -2.37. The minimum Gasteiger partial charge on any atom is -0.493 e. The first-order valence-corrected chi connectivity index (χ1v) is 11.3. The molecule has 1 saturated heterocycles. The van der Waals surface area contributed by atoms with Gasteiger partial charge in [0.05, 0.1) is 12.8 Å². The van der Waals surface area contributed by atoms with Crippen LogP contribution in [0.5, 0.6) is 11.5 Å². The molecule has 7 nitrogen and oxygen atoms in total. The highest BCUT2D eigenvalue weighted by Crippen LogP contribution is 2.29. The number of methoxy groups -OCH3 is 1. The highest BCUT2D eigenvalue weighted by Gasteiger charge is 2.15. The summed E-state index contributed by atoms with van der Waals surface area (Å²) >= 11 is 0. The van der Waals surface area contributed by atoms with Gasteiger partial charge in [0.15, 0.2) is 11.5 Å². The second-order valence-corrected chi connectivity index (χ2v) is 8.39. The van der Waals surface area contributed by atoms with Gasteiger partial charge in [0.2, 0.25) is 0 Å². The van der Waals surface area contributed by atoms with Crippen LogP contribution in [0.25, 0.3) is 0 Å². The first-order valence-electron chi connectivity index (χ1n) is 11.3. The number of rotatable bonds is 10. The number of nitrogens with zero attached hydrogens (tertiary/aromatic N) is 4. The van der Waals surface area contributed by atoms with Gasteiger partial charge in [-0.3, -0.25) is 14.9 Å². The van der Waals surface area contributed by atoms with Crippen molar-refractivity contribution in [2.45, 2.75) is 51.3 Å². The Kier molecular flexibility index (Phi) is 9.52. The second kappa shape index (κ2) is 12.6. The second-order valence-electron chi connectivity index (χ2n) is 8.39. The van der Waals surface area contributed by atoms with Crippen molar-refractivity contribution >= 4 is 0 Å². The van der Waals surface area contributed by atoms with Crippen molar-refractivity contribution in [1.29, 1.82) is 0 Å². The summed E-state index contributed by atoms with van der Waals surface area (Å²) in [7, 11) is 3.69. The molecule has 1 aromatic heterocycles. The molecule has 0 radical (unpaired) electrons. The summed E-state index contributed by atoms with van der Waals surface area (Å²) < 4.78 is 11.5. The maximum Gasteiger partial charge on any atom is 0.161 e. The van der Waals surface area contributed by atoms with Gasteiger partial charge in [0, 0.05) is 38.2 Å². The maximum absolute atomic E-state index is 10.5. The van der Waals surface area contributed by atoms with Crippen molar-refractivity contribution in [3.63, 3.8) is 0 Å². The van der Waals surface area contributed by atoms with Gasteiger partial charge in [-0.05, 0) is 50.7 Å². The average molecular weight is 429 g/mol. The third-order valence-corrected chi connectivity index (χ3v) is 5.58. The number of benzene rings is 1. The first kappa shape index (κ1) is 23.4. The summed E-state index contributed by atoms with van der Waals surface area (Å²) in [4.78, 5) is 13.0. The van der Waals surface area contributed by atoms with E-state index in [1.165, 1.54) is 32.1 Å². The van der Waals surface area contributed by atoms with Crippen molar-refractivity contribution in [2.24, 2.45) is 0 Å². The van der Waals surface area contributed by atoms with E-state index >= 15 is 0 Å². The van der Waals surface area contributed by atoms with Crippen molar-refractivity contribution in [1.82, 2.24) is 19.8 Å². The maximum atomic E-state index is 10.5. The van der Waals surface area contributed by atoms with Crippen molar-refractivity contribution in [3.8, 4) is 11.5 Å². The summed E-state index contributed by atoms with van der Waals surface area (Å²) in [6.45, 7) is 4.53. The van der Waals surface area contributed by atoms with Crippen LogP contribution in [0.15, 0.2) is 36.8 Å². The van der Waals surface area contributed by atoms with Crippen LogP contribution in [-0.4, -0.2) is 71.4 Å². The Balaban J connectivity index is 1.49. The molecule has 2 heterocycles. The van der Waals surface area contributed by atoms with E-state index in [0.717, 1.165) is 37.4 Å². The molecule has 0 bridgehead atoms. The lowest BCUT2D eigenvalue weighted by atomic mass is 10.1. The van der Waals surface area contributed by atoms with Crippen LogP contribution in [0, 0.1) is 0 Å². The van der Waals surface area contributed by atoms with E-state index < -0.39 is 6.10 Å². The number of aliphatic hydroxyl groups excluding tert-OH is 1. The molecule has 7 heteroatoms. The molecule has 0 saturated carbocycles. The number of hydrogen-bond acceptors (Lipinski definition) is 7. The van der Waals surface area contributed by atoms with Gasteiger partial charge in [-0.1, -0.05) is 25.3 Å². The van der Waals surface area contributed by atoms with Crippen LogP contribution in [-0.2, 0) is 13.1 Å². The minimum absolute atomic E-state index is 0.263. The smallest absolute Gasteiger partial charge is 0.161 e. The Hall–Kier alpha value is -2.22. The monoisotopic (exact) mass is 428 g/mol. The first-order chi connectivity index (χ1) is 15.1. The summed E-state index contributed by atoms with van der Waals surface area (Å²) in [5.41, 5.74) is 2.06. The number of β-amino-alcohol motifs (C(OH)–C–C–N with tert-alkyl or cyclic N) is 1. The van der Waals surface area contributed by atoms with Crippen LogP contribution in [0.3, 0.4) is 0 Å². The zero-order chi connectivity index (χ0) is 21.9. The fraction of sp³-hybridized carbons (Fsp3) is 0.583. The average Bonchev–Trinajstić information content (AvgIpc) is 2.75. The fourth-order valence-corrected chi connectivity index (χ4v) is 4.02. The summed E-state index contributed by atoms with van der Waals surface area (Å²) in [6.07, 6.45) is 11.0. The molecule has 0 amide bonds. The molecule has 1 N–H and O–H groups in total. The zero-order valence-electron chi connectivity index (χ0n) is 18.9. The molecule has 2 aromatic rings. The molecule has 0 unspecified atom stereocenters. The molecule has 1 aliphatic heterocycles. The molecule has 3 rings (SSSR count). The van der Waals surface area contributed by atoms with E-state index in [0.29, 0.717) is 18.0 Å². The third kappa shape index (κ3) is 8.09. The molecular weight excluding hydrogens is 392 g/mol. The molecule has 31 heavy (non-hydrogen) atoms. The van der Waals surface area contributed by atoms with E-state index in [-0.39, 0.29) is 6.61 Å². The SMILES string of the molecule is COc1cc(CN(C)Cc2cnccn2)ccc1OC[C@@H](O)CN1CCCCCCC1. The van der Waals surface area contributed by atoms with Crippen LogP contribution in [0.4, 0.5) is 0 Å². The topological polar surface area (TPSA) is 71.0 Å². The molecule has 1 aliphatic rings. The standard InChI is InChI=1S/C24H36N4O3/c1-27(17-21-15-25-10-11-26-21)16-20-8-9-23(24(14-20)30-2)31-19-22(29)18-28-12-6-4-3-5-7-13-28/h8-11,14-15,22,29H,3-7,12-13,16-19H2,1-2H3/t22-/m0/s1. The summed E-state index contributed by atoms with van der Waals surface area (Å²) in [6, 6.07) is 5.95. The minimum atomic E-state index is -0.512. The van der Waals surface area contributed by atoms with Crippen LogP contribution in [0.1, 0.15) is 43.4 Å². The van der Waals surface area contributed by atoms with Gasteiger partial charge < -0.3 is 19.5 Å². The van der Waals surface area contributed by atoms with E-state index in [1.807, 2.05) is 25.2 Å². The molecule has 0 spiro atoms. The number of hydrogen-bond donors (Lipinski definition) is 1. The van der Waals surface area contributed by atoms with Crippen LogP contribution >= 0.6 is 0 Å². The highest BCUT2D eigenvalue weighted by atomic mass is 16.5. The highest BCUT2D eigenvalue weighted by molar-refractivity contribution is 5.43. The molecule has 1 fully saturated rings. The zero-order valence-corrected chi connectivity index (χ0v) is 18.9. The van der Waals surface area contributed by atoms with E-state index in [2.05, 4.69) is 19.8 Å². The van der Waals surface area contributed by atoms with Gasteiger partial charge in [0.1, 0.15) is 12.7 Å². The van der Waals surface area contributed by atoms with Gasteiger partial charge in [-0.2, -0.15) is 0 Å². The lowest BCUT2D eigenvalue weighted by molar-refractivity contribution is 0.0645. The Morgan fingerprint density at radius 1 is 1.06 bits per heavy atom. The molecule has 1 atom stereocenters. The number of aromatic nitrogens is 2. The number of aliphatic hydroxyl groups is 1. The van der Waals surface area contributed by atoms with Crippen LogP contribution < -0.4 is 9.47 Å². The van der Waals surface area contributed by atoms with Gasteiger partial charge >= 0.3 is 0 Å². The van der Waals surface area contributed by atoms with Gasteiger partial charge in [0.25, 0.3) is 0 Å². The quantitative estimate of drug-likeness (QED) is 0.623. The van der Waals surface area contributed by atoms with Crippen molar-refractivity contribution in [2.75, 3.05) is 40.4 Å². The Bertz CT molecular complexity index is 767. The molecule has 1 aromatic carbocycles. The van der Waals surface area contributed by atoms with E-state index in [9.17, 15) is 5.11 Å². The fourth-order valence-electron chi connectivity index (χ4n) is 4.02. The summed E-state index contributed by atoms with van der Waals surface area (Å²) in [5.74, 6) is 1.35. The largest absolute Gasteiger partial charge is 0.493 e. The van der Waals surface area contributed by atoms with Crippen LogP contribution in [0.2, 0.25) is 0 Å².